The lowest BCUT2D eigenvalue weighted by Gasteiger charge is -2.26. The third-order valence-corrected chi connectivity index (χ3v) is 6.57. The molecule has 0 spiro atoms. The number of amides is 1. The third-order valence-electron chi connectivity index (χ3n) is 5.43. The van der Waals surface area contributed by atoms with E-state index in [2.05, 4.69) is 10.2 Å². The summed E-state index contributed by atoms with van der Waals surface area (Å²) in [7, 11) is -3.48. The molecule has 1 N–H and O–H groups in total. The zero-order valence-electron chi connectivity index (χ0n) is 18.2. The zero-order valence-corrected chi connectivity index (χ0v) is 19.0. The number of hydrogen-bond acceptors (Lipinski definition) is 5. The SMILES string of the molecule is Cc1ccccc1CN(c1ccc(C(=O)NCCCN2CCOCC2)cc1)S(C)(=O)=O. The maximum absolute atomic E-state index is 12.4. The van der Waals surface area contributed by atoms with E-state index in [1.165, 1.54) is 10.6 Å². The van der Waals surface area contributed by atoms with E-state index in [0.717, 1.165) is 50.4 Å². The van der Waals surface area contributed by atoms with E-state index >= 15 is 0 Å². The van der Waals surface area contributed by atoms with Crippen molar-refractivity contribution in [2.45, 2.75) is 19.9 Å². The number of nitrogens with zero attached hydrogens (tertiary/aromatic N) is 2. The van der Waals surface area contributed by atoms with Crippen molar-refractivity contribution in [1.29, 1.82) is 0 Å². The first kappa shape index (κ1) is 23.2. The Morgan fingerprint density at radius 3 is 2.42 bits per heavy atom. The third kappa shape index (κ3) is 6.78. The average molecular weight is 446 g/mol. The minimum Gasteiger partial charge on any atom is -0.379 e. The van der Waals surface area contributed by atoms with Crippen LogP contribution in [-0.4, -0.2) is 64.9 Å². The number of morpholine rings is 1. The van der Waals surface area contributed by atoms with Gasteiger partial charge in [0.05, 0.1) is 31.7 Å². The minimum absolute atomic E-state index is 0.154. The molecule has 3 rings (SSSR count). The molecule has 1 fully saturated rings. The summed E-state index contributed by atoms with van der Waals surface area (Å²) in [5.41, 5.74) is 3.02. The molecule has 1 heterocycles. The molecule has 8 heteroatoms. The fourth-order valence-electron chi connectivity index (χ4n) is 3.55. The normalized spacial score (nSPS) is 14.9. The molecule has 0 radical (unpaired) electrons. The van der Waals surface area contributed by atoms with Crippen LogP contribution in [0.4, 0.5) is 5.69 Å². The maximum Gasteiger partial charge on any atom is 0.251 e. The Kier molecular flexibility index (Phi) is 8.06. The Hall–Kier alpha value is -2.42. The van der Waals surface area contributed by atoms with E-state index in [0.29, 0.717) is 17.8 Å². The summed E-state index contributed by atoms with van der Waals surface area (Å²) >= 11 is 0. The van der Waals surface area contributed by atoms with Crippen molar-refractivity contribution in [3.8, 4) is 0 Å². The second kappa shape index (κ2) is 10.7. The smallest absolute Gasteiger partial charge is 0.251 e. The average Bonchev–Trinajstić information content (AvgIpc) is 2.76. The summed E-state index contributed by atoms with van der Waals surface area (Å²) in [5, 5.41) is 2.94. The van der Waals surface area contributed by atoms with Crippen molar-refractivity contribution in [1.82, 2.24) is 10.2 Å². The molecule has 0 unspecified atom stereocenters. The van der Waals surface area contributed by atoms with Gasteiger partial charge in [-0.05, 0) is 55.3 Å². The Bertz CT molecular complexity index is 971. The Balaban J connectivity index is 1.58. The van der Waals surface area contributed by atoms with E-state index in [1.807, 2.05) is 31.2 Å². The monoisotopic (exact) mass is 445 g/mol. The van der Waals surface area contributed by atoms with Gasteiger partial charge in [0.25, 0.3) is 5.91 Å². The predicted octanol–water partition coefficient (Wildman–Crippen LogP) is 2.41. The van der Waals surface area contributed by atoms with Gasteiger partial charge in [0.1, 0.15) is 0 Å². The number of rotatable bonds is 9. The van der Waals surface area contributed by atoms with E-state index in [4.69, 9.17) is 4.74 Å². The second-order valence-electron chi connectivity index (χ2n) is 7.81. The number of benzene rings is 2. The van der Waals surface area contributed by atoms with Crippen LogP contribution in [0.1, 0.15) is 27.9 Å². The maximum atomic E-state index is 12.4. The fourth-order valence-corrected chi connectivity index (χ4v) is 4.43. The minimum atomic E-state index is -3.48. The number of aryl methyl sites for hydroxylation is 1. The van der Waals surface area contributed by atoms with Gasteiger partial charge in [-0.1, -0.05) is 24.3 Å². The summed E-state index contributed by atoms with van der Waals surface area (Å²) < 4.78 is 31.5. The summed E-state index contributed by atoms with van der Waals surface area (Å²) in [6, 6.07) is 14.4. The summed E-state index contributed by atoms with van der Waals surface area (Å²) in [4.78, 5) is 14.8. The lowest BCUT2D eigenvalue weighted by Crippen LogP contribution is -2.38. The van der Waals surface area contributed by atoms with Gasteiger partial charge >= 0.3 is 0 Å². The van der Waals surface area contributed by atoms with E-state index in [-0.39, 0.29) is 12.5 Å². The number of carbonyl (C=O) groups excluding carboxylic acids is 1. The van der Waals surface area contributed by atoms with Crippen molar-refractivity contribution in [3.63, 3.8) is 0 Å². The standard InChI is InChI=1S/C23H31N3O4S/c1-19-6-3-4-7-21(19)18-26(31(2,28)29)22-10-8-20(9-11-22)23(27)24-12-5-13-25-14-16-30-17-15-25/h3-4,6-11H,5,12-18H2,1-2H3,(H,24,27). The first-order chi connectivity index (χ1) is 14.8. The van der Waals surface area contributed by atoms with Gasteiger partial charge in [0, 0.05) is 25.2 Å². The molecule has 2 aromatic carbocycles. The van der Waals surface area contributed by atoms with Gasteiger partial charge in [0.2, 0.25) is 10.0 Å². The van der Waals surface area contributed by atoms with Crippen LogP contribution in [0.2, 0.25) is 0 Å². The van der Waals surface area contributed by atoms with Crippen LogP contribution in [0, 0.1) is 6.92 Å². The summed E-state index contributed by atoms with van der Waals surface area (Å²) in [5.74, 6) is -0.154. The summed E-state index contributed by atoms with van der Waals surface area (Å²) in [6.45, 7) is 7.16. The number of anilines is 1. The number of hydrogen-bond donors (Lipinski definition) is 1. The lowest BCUT2D eigenvalue weighted by molar-refractivity contribution is 0.0374. The van der Waals surface area contributed by atoms with Crippen LogP contribution in [0.25, 0.3) is 0 Å². The number of nitrogens with one attached hydrogen (secondary N) is 1. The lowest BCUT2D eigenvalue weighted by atomic mass is 10.1. The molecular formula is C23H31N3O4S. The zero-order chi connectivity index (χ0) is 22.3. The van der Waals surface area contributed by atoms with Crippen LogP contribution >= 0.6 is 0 Å². The van der Waals surface area contributed by atoms with E-state index in [1.54, 1.807) is 24.3 Å². The van der Waals surface area contributed by atoms with E-state index in [9.17, 15) is 13.2 Å². The molecule has 1 aliphatic rings. The highest BCUT2D eigenvalue weighted by atomic mass is 32.2. The highest BCUT2D eigenvalue weighted by molar-refractivity contribution is 7.92. The highest BCUT2D eigenvalue weighted by Gasteiger charge is 2.19. The number of sulfonamides is 1. The molecule has 168 valence electrons. The van der Waals surface area contributed by atoms with Crippen molar-refractivity contribution >= 4 is 21.6 Å². The van der Waals surface area contributed by atoms with Crippen molar-refractivity contribution < 1.29 is 17.9 Å². The van der Waals surface area contributed by atoms with Crippen LogP contribution in [0.5, 0.6) is 0 Å². The molecule has 0 bridgehead atoms. The summed E-state index contributed by atoms with van der Waals surface area (Å²) in [6.07, 6.45) is 2.07. The molecule has 7 nitrogen and oxygen atoms in total. The van der Waals surface area contributed by atoms with Crippen LogP contribution in [0.3, 0.4) is 0 Å². The van der Waals surface area contributed by atoms with Crippen molar-refractivity contribution in [2.75, 3.05) is 50.0 Å². The molecule has 0 aromatic heterocycles. The van der Waals surface area contributed by atoms with Gasteiger partial charge in [-0.25, -0.2) is 8.42 Å². The number of ether oxygens (including phenoxy) is 1. The molecule has 0 atom stereocenters. The van der Waals surface area contributed by atoms with E-state index < -0.39 is 10.0 Å². The van der Waals surface area contributed by atoms with Gasteiger partial charge in [-0.2, -0.15) is 0 Å². The highest BCUT2D eigenvalue weighted by Crippen LogP contribution is 2.22. The van der Waals surface area contributed by atoms with Gasteiger partial charge in [-0.3, -0.25) is 14.0 Å². The molecule has 31 heavy (non-hydrogen) atoms. The molecule has 1 amide bonds. The Labute approximate surface area is 185 Å². The number of carbonyl (C=O) groups is 1. The molecular weight excluding hydrogens is 414 g/mol. The second-order valence-corrected chi connectivity index (χ2v) is 9.71. The van der Waals surface area contributed by atoms with Gasteiger partial charge in [0.15, 0.2) is 0 Å². The Morgan fingerprint density at radius 2 is 1.77 bits per heavy atom. The first-order valence-electron chi connectivity index (χ1n) is 10.5. The molecule has 0 saturated carbocycles. The van der Waals surface area contributed by atoms with Crippen molar-refractivity contribution in [3.05, 3.63) is 65.2 Å². The van der Waals surface area contributed by atoms with Crippen LogP contribution in [0.15, 0.2) is 48.5 Å². The van der Waals surface area contributed by atoms with Crippen LogP contribution in [-0.2, 0) is 21.3 Å². The largest absolute Gasteiger partial charge is 0.379 e. The topological polar surface area (TPSA) is 79.0 Å². The first-order valence-corrected chi connectivity index (χ1v) is 12.4. The predicted molar refractivity (Wildman–Crippen MR) is 123 cm³/mol. The van der Waals surface area contributed by atoms with Crippen LogP contribution < -0.4 is 9.62 Å². The quantitative estimate of drug-likeness (QED) is 0.600. The molecule has 1 aliphatic heterocycles. The van der Waals surface area contributed by atoms with Gasteiger partial charge < -0.3 is 10.1 Å². The fraction of sp³-hybridized carbons (Fsp3) is 0.435. The Morgan fingerprint density at radius 1 is 1.10 bits per heavy atom. The van der Waals surface area contributed by atoms with Gasteiger partial charge in [-0.15, -0.1) is 0 Å². The molecule has 2 aromatic rings. The molecule has 1 saturated heterocycles. The van der Waals surface area contributed by atoms with Crippen molar-refractivity contribution in [2.24, 2.45) is 0 Å². The molecule has 0 aliphatic carbocycles.